The van der Waals surface area contributed by atoms with Crippen LogP contribution in [0.5, 0.6) is 0 Å². The first-order valence-corrected chi connectivity index (χ1v) is 4.11. The van der Waals surface area contributed by atoms with E-state index in [9.17, 15) is 4.79 Å². The van der Waals surface area contributed by atoms with E-state index < -0.39 is 0 Å². The highest BCUT2D eigenvalue weighted by Crippen LogP contribution is 2.17. The van der Waals surface area contributed by atoms with E-state index in [4.69, 9.17) is 4.74 Å². The van der Waals surface area contributed by atoms with Crippen molar-refractivity contribution >= 4 is 12.5 Å². The lowest BCUT2D eigenvalue weighted by atomic mass is 10.1. The SMILES string of the molecule is CC(C)OC1=C(C=O)CCC=N1. The summed E-state index contributed by atoms with van der Waals surface area (Å²) in [5.74, 6) is 0.492. The minimum Gasteiger partial charge on any atom is -0.475 e. The Hall–Kier alpha value is -1.12. The highest BCUT2D eigenvalue weighted by atomic mass is 16.5. The van der Waals surface area contributed by atoms with Crippen molar-refractivity contribution in [3.05, 3.63) is 11.5 Å². The maximum atomic E-state index is 10.5. The smallest absolute Gasteiger partial charge is 0.219 e. The Labute approximate surface area is 72.1 Å². The molecule has 1 rings (SSSR count). The molecule has 0 saturated heterocycles. The third-order valence-corrected chi connectivity index (χ3v) is 1.52. The maximum Gasteiger partial charge on any atom is 0.219 e. The Balaban J connectivity index is 2.74. The molecule has 0 N–H and O–H groups in total. The maximum absolute atomic E-state index is 10.5. The van der Waals surface area contributed by atoms with Gasteiger partial charge in [0.25, 0.3) is 0 Å². The van der Waals surface area contributed by atoms with Crippen LogP contribution in [0.1, 0.15) is 26.7 Å². The molecule has 0 aromatic rings. The molecule has 66 valence electrons. The highest BCUT2D eigenvalue weighted by Gasteiger charge is 2.10. The Morgan fingerprint density at radius 2 is 2.42 bits per heavy atom. The second-order valence-corrected chi connectivity index (χ2v) is 2.97. The largest absolute Gasteiger partial charge is 0.475 e. The van der Waals surface area contributed by atoms with E-state index in [2.05, 4.69) is 4.99 Å². The van der Waals surface area contributed by atoms with Gasteiger partial charge < -0.3 is 4.74 Å². The normalized spacial score (nSPS) is 16.9. The van der Waals surface area contributed by atoms with Gasteiger partial charge in [-0.05, 0) is 26.7 Å². The fraction of sp³-hybridized carbons (Fsp3) is 0.556. The van der Waals surface area contributed by atoms with Crippen LogP contribution < -0.4 is 0 Å². The molecule has 0 atom stereocenters. The van der Waals surface area contributed by atoms with Crippen molar-refractivity contribution in [3.8, 4) is 0 Å². The average Bonchev–Trinajstić information content (AvgIpc) is 2.04. The minimum atomic E-state index is 0.0743. The summed E-state index contributed by atoms with van der Waals surface area (Å²) < 4.78 is 5.35. The number of hydrogen-bond donors (Lipinski definition) is 0. The van der Waals surface area contributed by atoms with Crippen LogP contribution >= 0.6 is 0 Å². The zero-order chi connectivity index (χ0) is 8.97. The van der Waals surface area contributed by atoms with E-state index in [1.54, 1.807) is 6.21 Å². The molecule has 0 aromatic carbocycles. The quantitative estimate of drug-likeness (QED) is 0.600. The monoisotopic (exact) mass is 167 g/mol. The molecule has 1 heterocycles. The predicted molar refractivity (Wildman–Crippen MR) is 47.0 cm³/mol. The summed E-state index contributed by atoms with van der Waals surface area (Å²) in [4.78, 5) is 14.6. The molecular weight excluding hydrogens is 154 g/mol. The van der Waals surface area contributed by atoms with Crippen LogP contribution in [0.2, 0.25) is 0 Å². The van der Waals surface area contributed by atoms with Crippen molar-refractivity contribution in [2.75, 3.05) is 0 Å². The lowest BCUT2D eigenvalue weighted by Gasteiger charge is -2.14. The third-order valence-electron chi connectivity index (χ3n) is 1.52. The van der Waals surface area contributed by atoms with E-state index in [0.29, 0.717) is 11.5 Å². The second kappa shape index (κ2) is 4.04. The molecule has 0 unspecified atom stereocenters. The van der Waals surface area contributed by atoms with Gasteiger partial charge in [-0.25, -0.2) is 4.99 Å². The molecule has 1 aliphatic heterocycles. The van der Waals surface area contributed by atoms with Crippen LogP contribution in [0.3, 0.4) is 0 Å². The Kier molecular flexibility index (Phi) is 3.02. The lowest BCUT2D eigenvalue weighted by Crippen LogP contribution is -2.07. The molecular formula is C9H13NO2. The van der Waals surface area contributed by atoms with Crippen molar-refractivity contribution in [1.82, 2.24) is 0 Å². The van der Waals surface area contributed by atoms with Crippen LogP contribution in [-0.2, 0) is 9.53 Å². The summed E-state index contributed by atoms with van der Waals surface area (Å²) >= 11 is 0. The lowest BCUT2D eigenvalue weighted by molar-refractivity contribution is -0.105. The molecule has 1 aliphatic rings. The summed E-state index contributed by atoms with van der Waals surface area (Å²) in [7, 11) is 0. The number of hydrogen-bond acceptors (Lipinski definition) is 3. The molecule has 0 radical (unpaired) electrons. The van der Waals surface area contributed by atoms with Gasteiger partial charge in [0.15, 0.2) is 6.29 Å². The number of carbonyl (C=O) groups excluding carboxylic acids is 1. The molecule has 0 bridgehead atoms. The van der Waals surface area contributed by atoms with Crippen molar-refractivity contribution in [1.29, 1.82) is 0 Å². The first kappa shape index (κ1) is 8.97. The van der Waals surface area contributed by atoms with Crippen LogP contribution in [0.4, 0.5) is 0 Å². The van der Waals surface area contributed by atoms with E-state index in [1.165, 1.54) is 0 Å². The number of nitrogens with zero attached hydrogens (tertiary/aromatic N) is 1. The van der Waals surface area contributed by atoms with Crippen LogP contribution in [0.15, 0.2) is 16.4 Å². The molecule has 3 heteroatoms. The van der Waals surface area contributed by atoms with Crippen molar-refractivity contribution < 1.29 is 9.53 Å². The summed E-state index contributed by atoms with van der Waals surface area (Å²) in [5.41, 5.74) is 0.672. The van der Waals surface area contributed by atoms with E-state index >= 15 is 0 Å². The number of rotatable bonds is 3. The van der Waals surface area contributed by atoms with Crippen molar-refractivity contribution in [3.63, 3.8) is 0 Å². The van der Waals surface area contributed by atoms with Crippen LogP contribution in [0.25, 0.3) is 0 Å². The van der Waals surface area contributed by atoms with Gasteiger partial charge in [-0.2, -0.15) is 0 Å². The van der Waals surface area contributed by atoms with E-state index in [1.807, 2.05) is 13.8 Å². The molecule has 0 aromatic heterocycles. The van der Waals surface area contributed by atoms with Gasteiger partial charge >= 0.3 is 0 Å². The van der Waals surface area contributed by atoms with Gasteiger partial charge in [0, 0.05) is 6.21 Å². The zero-order valence-corrected chi connectivity index (χ0v) is 7.41. The number of aliphatic imine (C=N–C) groups is 1. The number of ether oxygens (including phenoxy) is 1. The van der Waals surface area contributed by atoms with Gasteiger partial charge in [0.05, 0.1) is 11.7 Å². The second-order valence-electron chi connectivity index (χ2n) is 2.97. The molecule has 0 spiro atoms. The van der Waals surface area contributed by atoms with Crippen LogP contribution in [-0.4, -0.2) is 18.6 Å². The zero-order valence-electron chi connectivity index (χ0n) is 7.41. The highest BCUT2D eigenvalue weighted by molar-refractivity contribution is 5.77. The van der Waals surface area contributed by atoms with Gasteiger partial charge in [-0.15, -0.1) is 0 Å². The fourth-order valence-corrected chi connectivity index (χ4v) is 0.996. The third kappa shape index (κ3) is 2.19. The van der Waals surface area contributed by atoms with E-state index in [-0.39, 0.29) is 6.10 Å². The Bertz CT molecular complexity index is 229. The molecule has 0 saturated carbocycles. The standard InChI is InChI=1S/C9H13NO2/c1-7(2)12-9-8(6-11)4-3-5-10-9/h5-7H,3-4H2,1-2H3. The average molecular weight is 167 g/mol. The summed E-state index contributed by atoms with van der Waals surface area (Å²) in [6.07, 6.45) is 4.26. The summed E-state index contributed by atoms with van der Waals surface area (Å²) in [6, 6.07) is 0. The number of carbonyl (C=O) groups is 1. The van der Waals surface area contributed by atoms with Gasteiger partial charge in [0.1, 0.15) is 0 Å². The first-order chi connectivity index (χ1) is 5.74. The summed E-state index contributed by atoms with van der Waals surface area (Å²) in [6.45, 7) is 3.83. The van der Waals surface area contributed by atoms with Crippen molar-refractivity contribution in [2.45, 2.75) is 32.8 Å². The molecule has 0 fully saturated rings. The predicted octanol–water partition coefficient (Wildman–Crippen LogP) is 1.69. The van der Waals surface area contributed by atoms with Gasteiger partial charge in [-0.1, -0.05) is 0 Å². The molecule has 12 heavy (non-hydrogen) atoms. The number of allylic oxidation sites excluding steroid dienone is 1. The molecule has 0 amide bonds. The number of aldehydes is 1. The first-order valence-electron chi connectivity index (χ1n) is 4.11. The van der Waals surface area contributed by atoms with Gasteiger partial charge in [-0.3, -0.25) is 4.79 Å². The Morgan fingerprint density at radius 1 is 1.67 bits per heavy atom. The van der Waals surface area contributed by atoms with Gasteiger partial charge in [0.2, 0.25) is 5.88 Å². The summed E-state index contributed by atoms with van der Waals surface area (Å²) in [5, 5.41) is 0. The molecule has 3 nitrogen and oxygen atoms in total. The topological polar surface area (TPSA) is 38.7 Å². The Morgan fingerprint density at radius 3 is 3.00 bits per heavy atom. The minimum absolute atomic E-state index is 0.0743. The molecule has 0 aliphatic carbocycles. The van der Waals surface area contributed by atoms with E-state index in [0.717, 1.165) is 19.1 Å². The van der Waals surface area contributed by atoms with Crippen LogP contribution in [0, 0.1) is 0 Å². The fourth-order valence-electron chi connectivity index (χ4n) is 0.996. The van der Waals surface area contributed by atoms with Crippen molar-refractivity contribution in [2.24, 2.45) is 4.99 Å².